The fourth-order valence-electron chi connectivity index (χ4n) is 1.98. The Bertz CT molecular complexity index is 499. The molecule has 3 N–H and O–H groups in total. The first kappa shape index (κ1) is 17.0. The number of nitrogen functional groups attached to an aromatic ring is 1. The van der Waals surface area contributed by atoms with Crippen LogP contribution < -0.4 is 5.73 Å². The maximum Gasteiger partial charge on any atom is 0.109 e. The minimum absolute atomic E-state index is 0. The number of nitrogens with two attached hydrogens (primary N) is 1. The number of aromatic nitrogens is 2. The second kappa shape index (κ2) is 7.46. The van der Waals surface area contributed by atoms with Crippen molar-refractivity contribution in [3.63, 3.8) is 0 Å². The molecule has 1 aromatic heterocycles. The predicted octanol–water partition coefficient (Wildman–Crippen LogP) is 2.41. The van der Waals surface area contributed by atoms with Gasteiger partial charge in [0.1, 0.15) is 5.82 Å². The molecule has 0 saturated carbocycles. The summed E-state index contributed by atoms with van der Waals surface area (Å²) in [6.07, 6.45) is 1.55. The molecule has 1 aromatic carbocycles. The molecular formula is C12H19Cl2N3O. The van der Waals surface area contributed by atoms with Crippen LogP contribution in [-0.2, 0) is 13.0 Å². The SMILES string of the molecule is CCn1c(CCCO)nc2cc(N)ccc21.Cl.Cl. The van der Waals surface area contributed by atoms with E-state index >= 15 is 0 Å². The summed E-state index contributed by atoms with van der Waals surface area (Å²) in [7, 11) is 0. The van der Waals surface area contributed by atoms with E-state index in [1.165, 1.54) is 0 Å². The molecule has 6 heteroatoms. The quantitative estimate of drug-likeness (QED) is 0.851. The number of benzene rings is 1. The predicted molar refractivity (Wildman–Crippen MR) is 79.7 cm³/mol. The largest absolute Gasteiger partial charge is 0.399 e. The summed E-state index contributed by atoms with van der Waals surface area (Å²) in [4.78, 5) is 4.55. The van der Waals surface area contributed by atoms with Crippen molar-refractivity contribution in [1.82, 2.24) is 9.55 Å². The molecule has 1 heterocycles. The number of hydrogen-bond acceptors (Lipinski definition) is 3. The Morgan fingerprint density at radius 2 is 2.06 bits per heavy atom. The normalized spacial score (nSPS) is 9.89. The van der Waals surface area contributed by atoms with Gasteiger partial charge in [0, 0.05) is 25.3 Å². The Balaban J connectivity index is 0.00000144. The fourth-order valence-corrected chi connectivity index (χ4v) is 1.98. The monoisotopic (exact) mass is 291 g/mol. The van der Waals surface area contributed by atoms with Gasteiger partial charge >= 0.3 is 0 Å². The molecule has 0 spiro atoms. The summed E-state index contributed by atoms with van der Waals surface area (Å²) in [5.41, 5.74) is 8.53. The number of fused-ring (bicyclic) bond motifs is 1. The van der Waals surface area contributed by atoms with Gasteiger partial charge in [-0.3, -0.25) is 0 Å². The number of nitrogens with zero attached hydrogens (tertiary/aromatic N) is 2. The van der Waals surface area contributed by atoms with Crippen molar-refractivity contribution >= 4 is 41.5 Å². The van der Waals surface area contributed by atoms with E-state index in [0.29, 0.717) is 0 Å². The molecule has 2 aromatic rings. The third kappa shape index (κ3) is 3.28. The van der Waals surface area contributed by atoms with Crippen molar-refractivity contribution in [1.29, 1.82) is 0 Å². The van der Waals surface area contributed by atoms with Gasteiger partial charge in [0.2, 0.25) is 0 Å². The number of imidazole rings is 1. The number of aryl methyl sites for hydroxylation is 2. The van der Waals surface area contributed by atoms with Crippen LogP contribution >= 0.6 is 24.8 Å². The van der Waals surface area contributed by atoms with Crippen LogP contribution in [0.2, 0.25) is 0 Å². The molecule has 0 radical (unpaired) electrons. The van der Waals surface area contributed by atoms with E-state index in [1.807, 2.05) is 18.2 Å². The molecule has 0 unspecified atom stereocenters. The zero-order valence-corrected chi connectivity index (χ0v) is 11.9. The summed E-state index contributed by atoms with van der Waals surface area (Å²) < 4.78 is 2.17. The van der Waals surface area contributed by atoms with Gasteiger partial charge in [-0.1, -0.05) is 0 Å². The van der Waals surface area contributed by atoms with Crippen LogP contribution in [0.15, 0.2) is 18.2 Å². The van der Waals surface area contributed by atoms with E-state index in [2.05, 4.69) is 16.5 Å². The van der Waals surface area contributed by atoms with E-state index in [9.17, 15) is 0 Å². The molecule has 102 valence electrons. The Kier molecular flexibility index (Phi) is 7.06. The summed E-state index contributed by atoms with van der Waals surface area (Å²) in [5.74, 6) is 1.03. The molecular weight excluding hydrogens is 273 g/mol. The van der Waals surface area contributed by atoms with Gasteiger partial charge in [-0.15, -0.1) is 24.8 Å². The van der Waals surface area contributed by atoms with Gasteiger partial charge in [-0.25, -0.2) is 4.98 Å². The van der Waals surface area contributed by atoms with Crippen LogP contribution in [-0.4, -0.2) is 21.3 Å². The lowest BCUT2D eigenvalue weighted by molar-refractivity contribution is 0.287. The van der Waals surface area contributed by atoms with Crippen molar-refractivity contribution in [2.75, 3.05) is 12.3 Å². The van der Waals surface area contributed by atoms with Crippen LogP contribution in [0, 0.1) is 0 Å². The number of hydrogen-bond donors (Lipinski definition) is 2. The molecule has 0 bridgehead atoms. The second-order valence-corrected chi connectivity index (χ2v) is 3.85. The number of rotatable bonds is 4. The van der Waals surface area contributed by atoms with Crippen LogP contribution in [0.25, 0.3) is 11.0 Å². The minimum atomic E-state index is 0. The standard InChI is InChI=1S/C12H17N3O.2ClH/c1-2-15-11-6-5-9(13)8-10(11)14-12(15)4-3-7-16;;/h5-6,8,16H,2-4,7,13H2,1H3;2*1H. The highest BCUT2D eigenvalue weighted by molar-refractivity contribution is 5.85. The molecule has 0 saturated heterocycles. The lowest BCUT2D eigenvalue weighted by Crippen LogP contribution is -2.02. The second-order valence-electron chi connectivity index (χ2n) is 3.85. The van der Waals surface area contributed by atoms with Crippen LogP contribution in [0.3, 0.4) is 0 Å². The van der Waals surface area contributed by atoms with E-state index in [4.69, 9.17) is 10.8 Å². The van der Waals surface area contributed by atoms with Crippen LogP contribution in [0.1, 0.15) is 19.2 Å². The molecule has 0 aliphatic rings. The Hall–Kier alpha value is -0.970. The van der Waals surface area contributed by atoms with Gasteiger partial charge in [-0.2, -0.15) is 0 Å². The molecule has 2 rings (SSSR count). The molecule has 4 nitrogen and oxygen atoms in total. The Morgan fingerprint density at radius 3 is 2.67 bits per heavy atom. The summed E-state index contributed by atoms with van der Waals surface area (Å²) in [5, 5.41) is 8.85. The van der Waals surface area contributed by atoms with Crippen LogP contribution in [0.5, 0.6) is 0 Å². The first-order chi connectivity index (χ1) is 7.76. The first-order valence-corrected chi connectivity index (χ1v) is 5.61. The van der Waals surface area contributed by atoms with E-state index in [-0.39, 0.29) is 31.4 Å². The van der Waals surface area contributed by atoms with Crippen molar-refractivity contribution in [2.45, 2.75) is 26.3 Å². The van der Waals surface area contributed by atoms with Crippen molar-refractivity contribution in [3.05, 3.63) is 24.0 Å². The third-order valence-corrected chi connectivity index (χ3v) is 2.73. The van der Waals surface area contributed by atoms with Crippen LogP contribution in [0.4, 0.5) is 5.69 Å². The van der Waals surface area contributed by atoms with E-state index in [0.717, 1.165) is 41.9 Å². The molecule has 0 fully saturated rings. The van der Waals surface area contributed by atoms with Crippen molar-refractivity contribution in [2.24, 2.45) is 0 Å². The highest BCUT2D eigenvalue weighted by atomic mass is 35.5. The first-order valence-electron chi connectivity index (χ1n) is 5.61. The minimum Gasteiger partial charge on any atom is -0.399 e. The zero-order chi connectivity index (χ0) is 11.5. The average Bonchev–Trinajstić information content (AvgIpc) is 2.62. The van der Waals surface area contributed by atoms with Gasteiger partial charge in [-0.05, 0) is 31.5 Å². The summed E-state index contributed by atoms with van der Waals surface area (Å²) in [6, 6.07) is 5.79. The number of anilines is 1. The molecule has 0 amide bonds. The van der Waals surface area contributed by atoms with Crippen molar-refractivity contribution < 1.29 is 5.11 Å². The van der Waals surface area contributed by atoms with E-state index in [1.54, 1.807) is 0 Å². The molecule has 0 aliphatic carbocycles. The molecule has 0 aliphatic heterocycles. The Labute approximate surface area is 119 Å². The lowest BCUT2D eigenvalue weighted by atomic mass is 10.3. The molecule has 18 heavy (non-hydrogen) atoms. The maximum absolute atomic E-state index is 8.85. The topological polar surface area (TPSA) is 64.1 Å². The van der Waals surface area contributed by atoms with Crippen molar-refractivity contribution in [3.8, 4) is 0 Å². The lowest BCUT2D eigenvalue weighted by Gasteiger charge is -2.04. The third-order valence-electron chi connectivity index (χ3n) is 2.73. The molecule has 0 atom stereocenters. The summed E-state index contributed by atoms with van der Waals surface area (Å²) in [6.45, 7) is 3.19. The maximum atomic E-state index is 8.85. The van der Waals surface area contributed by atoms with Gasteiger partial charge in [0.05, 0.1) is 11.0 Å². The van der Waals surface area contributed by atoms with Gasteiger partial charge in [0.25, 0.3) is 0 Å². The van der Waals surface area contributed by atoms with Gasteiger partial charge in [0.15, 0.2) is 0 Å². The highest BCUT2D eigenvalue weighted by Gasteiger charge is 2.08. The fraction of sp³-hybridized carbons (Fsp3) is 0.417. The number of aliphatic hydroxyl groups is 1. The smallest absolute Gasteiger partial charge is 0.109 e. The summed E-state index contributed by atoms with van der Waals surface area (Å²) >= 11 is 0. The Morgan fingerprint density at radius 1 is 1.33 bits per heavy atom. The highest BCUT2D eigenvalue weighted by Crippen LogP contribution is 2.19. The zero-order valence-electron chi connectivity index (χ0n) is 10.3. The number of halogens is 2. The average molecular weight is 292 g/mol. The number of aliphatic hydroxyl groups excluding tert-OH is 1. The van der Waals surface area contributed by atoms with E-state index < -0.39 is 0 Å². The van der Waals surface area contributed by atoms with Gasteiger partial charge < -0.3 is 15.4 Å².